The maximum absolute atomic E-state index is 11.4. The predicted octanol–water partition coefficient (Wildman–Crippen LogP) is -0.0475. The van der Waals surface area contributed by atoms with E-state index in [0.29, 0.717) is 6.42 Å². The van der Waals surface area contributed by atoms with Crippen LogP contribution >= 0.6 is 0 Å². The highest BCUT2D eigenvalue weighted by Crippen LogP contribution is 2.05. The number of carbonyl (C=O) groups is 2. The summed E-state index contributed by atoms with van der Waals surface area (Å²) in [4.78, 5) is 22.3. The minimum atomic E-state index is -1.06. The lowest BCUT2D eigenvalue weighted by Crippen LogP contribution is -2.48. The van der Waals surface area contributed by atoms with Crippen LogP contribution in [0.1, 0.15) is 26.7 Å². The smallest absolute Gasteiger partial charge is 0.326 e. The minimum absolute atomic E-state index is 0.0971. The molecule has 0 aliphatic heterocycles. The van der Waals surface area contributed by atoms with E-state index in [9.17, 15) is 9.59 Å². The molecule has 0 saturated heterocycles. The van der Waals surface area contributed by atoms with Crippen molar-refractivity contribution in [3.05, 3.63) is 0 Å². The first-order chi connectivity index (χ1) is 7.38. The summed E-state index contributed by atoms with van der Waals surface area (Å²) < 4.78 is 0. The molecule has 90 valence electrons. The molecule has 0 aromatic rings. The molecule has 5 nitrogen and oxygen atoms in total. The van der Waals surface area contributed by atoms with Crippen LogP contribution in [0.4, 0.5) is 0 Å². The van der Waals surface area contributed by atoms with Gasteiger partial charge in [-0.25, -0.2) is 4.79 Å². The molecule has 0 aliphatic rings. The van der Waals surface area contributed by atoms with E-state index in [1.165, 1.54) is 0 Å². The third-order valence-electron chi connectivity index (χ3n) is 2.00. The maximum atomic E-state index is 11.4. The number of aliphatic carboxylic acids is 1. The molecule has 0 radical (unpaired) electrons. The fourth-order valence-electron chi connectivity index (χ4n) is 1.19. The van der Waals surface area contributed by atoms with Gasteiger partial charge in [-0.15, -0.1) is 12.3 Å². The lowest BCUT2D eigenvalue weighted by molar-refractivity contribution is -0.142. The van der Waals surface area contributed by atoms with E-state index >= 15 is 0 Å². The van der Waals surface area contributed by atoms with Crippen molar-refractivity contribution in [3.63, 3.8) is 0 Å². The Morgan fingerprint density at radius 2 is 2.06 bits per heavy atom. The molecular formula is C11H18N2O3. The first-order valence-corrected chi connectivity index (χ1v) is 5.10. The minimum Gasteiger partial charge on any atom is -0.480 e. The Morgan fingerprint density at radius 3 is 2.44 bits per heavy atom. The number of rotatable bonds is 6. The molecule has 0 aliphatic carbocycles. The Labute approximate surface area is 95.4 Å². The molecule has 2 unspecified atom stereocenters. The van der Waals surface area contributed by atoms with Gasteiger partial charge in [0.15, 0.2) is 0 Å². The third kappa shape index (κ3) is 5.37. The van der Waals surface area contributed by atoms with E-state index in [1.807, 2.05) is 13.8 Å². The van der Waals surface area contributed by atoms with Crippen LogP contribution in [0.3, 0.4) is 0 Å². The van der Waals surface area contributed by atoms with Gasteiger partial charge in [0.2, 0.25) is 5.91 Å². The van der Waals surface area contributed by atoms with Crippen molar-refractivity contribution in [1.82, 2.24) is 5.32 Å². The van der Waals surface area contributed by atoms with Crippen molar-refractivity contribution in [2.24, 2.45) is 11.7 Å². The Balaban J connectivity index is 4.35. The highest BCUT2D eigenvalue weighted by molar-refractivity contribution is 5.86. The van der Waals surface area contributed by atoms with Gasteiger partial charge in [0, 0.05) is 6.42 Å². The van der Waals surface area contributed by atoms with Gasteiger partial charge in [0.25, 0.3) is 0 Å². The molecule has 5 heteroatoms. The summed E-state index contributed by atoms with van der Waals surface area (Å²) in [6.07, 6.45) is 5.47. The second-order valence-electron chi connectivity index (χ2n) is 4.04. The summed E-state index contributed by atoms with van der Waals surface area (Å²) in [6.45, 7) is 3.76. The molecular weight excluding hydrogens is 208 g/mol. The fourth-order valence-corrected chi connectivity index (χ4v) is 1.19. The van der Waals surface area contributed by atoms with Crippen LogP contribution in [0.15, 0.2) is 0 Å². The molecule has 2 atom stereocenters. The van der Waals surface area contributed by atoms with Crippen LogP contribution < -0.4 is 11.1 Å². The zero-order valence-electron chi connectivity index (χ0n) is 9.56. The lowest BCUT2D eigenvalue weighted by Gasteiger charge is -2.18. The Morgan fingerprint density at radius 1 is 1.50 bits per heavy atom. The van der Waals surface area contributed by atoms with Crippen molar-refractivity contribution in [3.8, 4) is 12.3 Å². The van der Waals surface area contributed by atoms with Gasteiger partial charge in [0.1, 0.15) is 6.04 Å². The number of carbonyl (C=O) groups excluding carboxylic acids is 1. The molecule has 0 aromatic carbocycles. The van der Waals surface area contributed by atoms with Crippen LogP contribution in [0.5, 0.6) is 0 Å². The number of terminal acetylenes is 1. The van der Waals surface area contributed by atoms with Crippen LogP contribution in [0.2, 0.25) is 0 Å². The summed E-state index contributed by atoms with van der Waals surface area (Å²) in [5.41, 5.74) is 5.46. The van der Waals surface area contributed by atoms with Crippen molar-refractivity contribution in [1.29, 1.82) is 0 Å². The molecule has 1 amide bonds. The highest BCUT2D eigenvalue weighted by atomic mass is 16.4. The average Bonchev–Trinajstić information content (AvgIpc) is 2.16. The van der Waals surface area contributed by atoms with E-state index in [-0.39, 0.29) is 12.3 Å². The molecule has 0 saturated carbocycles. The third-order valence-corrected chi connectivity index (χ3v) is 2.00. The molecule has 0 heterocycles. The van der Waals surface area contributed by atoms with Gasteiger partial charge >= 0.3 is 5.97 Å². The fraction of sp³-hybridized carbons (Fsp3) is 0.636. The van der Waals surface area contributed by atoms with E-state index in [1.54, 1.807) is 0 Å². The van der Waals surface area contributed by atoms with Crippen LogP contribution in [-0.2, 0) is 9.59 Å². The summed E-state index contributed by atoms with van der Waals surface area (Å²) in [6, 6.07) is -1.75. The largest absolute Gasteiger partial charge is 0.480 e. The molecule has 0 aromatic heterocycles. The summed E-state index contributed by atoms with van der Waals surface area (Å²) in [7, 11) is 0. The number of hydrogen-bond donors (Lipinski definition) is 3. The SMILES string of the molecule is C#CCC(N)C(=O)NC(CC(C)C)C(=O)O. The first kappa shape index (κ1) is 14.5. The number of hydrogen-bond acceptors (Lipinski definition) is 3. The zero-order chi connectivity index (χ0) is 12.7. The normalized spacial score (nSPS) is 13.9. The second-order valence-corrected chi connectivity index (χ2v) is 4.04. The van der Waals surface area contributed by atoms with Gasteiger partial charge in [-0.05, 0) is 12.3 Å². The maximum Gasteiger partial charge on any atom is 0.326 e. The van der Waals surface area contributed by atoms with Crippen molar-refractivity contribution >= 4 is 11.9 Å². The Hall–Kier alpha value is -1.54. The Bertz CT molecular complexity index is 294. The van der Waals surface area contributed by atoms with Gasteiger partial charge in [-0.1, -0.05) is 13.8 Å². The summed E-state index contributed by atoms with van der Waals surface area (Å²) >= 11 is 0. The lowest BCUT2D eigenvalue weighted by atomic mass is 10.0. The zero-order valence-corrected chi connectivity index (χ0v) is 9.56. The quantitative estimate of drug-likeness (QED) is 0.554. The molecule has 0 spiro atoms. The molecule has 0 rings (SSSR count). The number of amides is 1. The van der Waals surface area contributed by atoms with Crippen molar-refractivity contribution in [2.45, 2.75) is 38.8 Å². The second kappa shape index (κ2) is 6.85. The average molecular weight is 226 g/mol. The Kier molecular flexibility index (Phi) is 6.19. The van der Waals surface area contributed by atoms with Crippen LogP contribution in [0, 0.1) is 18.3 Å². The van der Waals surface area contributed by atoms with E-state index < -0.39 is 24.0 Å². The van der Waals surface area contributed by atoms with Gasteiger partial charge in [0.05, 0.1) is 6.04 Å². The molecule has 0 bridgehead atoms. The van der Waals surface area contributed by atoms with Gasteiger partial charge in [-0.3, -0.25) is 4.79 Å². The standard InChI is InChI=1S/C11H18N2O3/c1-4-5-8(12)10(14)13-9(11(15)16)6-7(2)3/h1,7-9H,5-6,12H2,2-3H3,(H,13,14)(H,15,16). The van der Waals surface area contributed by atoms with Crippen molar-refractivity contribution < 1.29 is 14.7 Å². The topological polar surface area (TPSA) is 92.4 Å². The summed E-state index contributed by atoms with van der Waals surface area (Å²) in [5, 5.41) is 11.3. The number of nitrogens with one attached hydrogen (secondary N) is 1. The monoisotopic (exact) mass is 226 g/mol. The first-order valence-electron chi connectivity index (χ1n) is 5.10. The van der Waals surface area contributed by atoms with Crippen LogP contribution in [0.25, 0.3) is 0 Å². The van der Waals surface area contributed by atoms with Crippen LogP contribution in [-0.4, -0.2) is 29.1 Å². The molecule has 4 N–H and O–H groups in total. The molecule has 0 fully saturated rings. The van der Waals surface area contributed by atoms with E-state index in [0.717, 1.165) is 0 Å². The van der Waals surface area contributed by atoms with Gasteiger partial charge < -0.3 is 16.2 Å². The number of carboxylic acids is 1. The van der Waals surface area contributed by atoms with E-state index in [4.69, 9.17) is 17.3 Å². The molecule has 16 heavy (non-hydrogen) atoms. The van der Waals surface area contributed by atoms with E-state index in [2.05, 4.69) is 11.2 Å². The van der Waals surface area contributed by atoms with Crippen molar-refractivity contribution in [2.75, 3.05) is 0 Å². The number of nitrogens with two attached hydrogens (primary N) is 1. The predicted molar refractivity (Wildman–Crippen MR) is 60.4 cm³/mol. The summed E-state index contributed by atoms with van der Waals surface area (Å²) in [5.74, 6) is 0.847. The highest BCUT2D eigenvalue weighted by Gasteiger charge is 2.23. The van der Waals surface area contributed by atoms with Gasteiger partial charge in [-0.2, -0.15) is 0 Å². The number of carboxylic acid groups (broad SMARTS) is 1.